The molecular weight excluding hydrogens is 955 g/mol. The summed E-state index contributed by atoms with van der Waals surface area (Å²) in [5.74, 6) is -3.51. The van der Waals surface area contributed by atoms with Crippen LogP contribution in [0.5, 0.6) is 0 Å². The predicted octanol–water partition coefficient (Wildman–Crippen LogP) is 3.97. The molecule has 0 aliphatic carbocycles. The summed E-state index contributed by atoms with van der Waals surface area (Å²) >= 11 is 0. The lowest BCUT2D eigenvalue weighted by molar-refractivity contribution is -0.351. The molecule has 0 unspecified atom stereocenters. The number of nitrogens with one attached hydrogen (secondary N) is 7. The number of esters is 1. The van der Waals surface area contributed by atoms with Gasteiger partial charge in [0.15, 0.2) is 0 Å². The lowest BCUT2D eigenvalue weighted by Crippen LogP contribution is -2.56. The molecule has 1 aliphatic rings. The van der Waals surface area contributed by atoms with Crippen LogP contribution in [0.4, 0.5) is 9.59 Å². The number of unbranched alkanes of at least 4 members (excludes halogenated alkanes) is 1. The van der Waals surface area contributed by atoms with Crippen molar-refractivity contribution in [3.63, 3.8) is 0 Å². The standard InChI is InChI=1S/C53H73N9O12/c1-52(2,3)73-51(69)56-25-17-16-24-41(49(67)70-7)59-45(63)42(29-36-31-58-40-23-15-14-22-38(36)40)60-47(65)44(35-20-12-9-13-21-35)61-46(64)43-30-37(72-50(68)57-27-26-55-33-71-74-53(4,5)6)32-62(43)48(66)39(54)28-34-18-10-8-11-19-34/h8-15,18-23,31,37,39,41-44,55,58H,16-17,24-30,32-33,54H2,1-7H3,(H,56,69)(H,57,68)(H,59,63)(H,60,65)(H,61,64)/t37-,39+,41+,42-,43+,44+/m1/s1. The average molecular weight is 1030 g/mol. The molecule has 0 spiro atoms. The second-order valence-corrected chi connectivity index (χ2v) is 19.9. The van der Waals surface area contributed by atoms with Gasteiger partial charge in [-0.2, -0.15) is 0 Å². The van der Waals surface area contributed by atoms with E-state index in [1.807, 2.05) is 75.4 Å². The van der Waals surface area contributed by atoms with Gasteiger partial charge in [-0.25, -0.2) is 24.2 Å². The van der Waals surface area contributed by atoms with Crippen LogP contribution in [0, 0.1) is 0 Å². The average Bonchev–Trinajstić information content (AvgIpc) is 3.97. The zero-order valence-electron chi connectivity index (χ0n) is 43.3. The van der Waals surface area contributed by atoms with Gasteiger partial charge in [-0.05, 0) is 90.0 Å². The number of hydrogen-bond donors (Lipinski definition) is 8. The maximum atomic E-state index is 14.8. The van der Waals surface area contributed by atoms with E-state index < -0.39 is 89.3 Å². The molecule has 74 heavy (non-hydrogen) atoms. The Bertz CT molecular complexity index is 2480. The third-order valence-corrected chi connectivity index (χ3v) is 11.6. The number of likely N-dealkylation sites (tertiary alicyclic amines) is 1. The van der Waals surface area contributed by atoms with Gasteiger partial charge in [0.05, 0.1) is 25.3 Å². The van der Waals surface area contributed by atoms with Crippen LogP contribution in [-0.2, 0) is 60.8 Å². The molecular formula is C53H73N9O12. The van der Waals surface area contributed by atoms with E-state index in [0.717, 1.165) is 16.5 Å². The number of rotatable bonds is 25. The number of carbonyl (C=O) groups excluding carboxylic acids is 7. The van der Waals surface area contributed by atoms with Crippen LogP contribution in [0.25, 0.3) is 10.9 Å². The maximum Gasteiger partial charge on any atom is 0.407 e. The summed E-state index contributed by atoms with van der Waals surface area (Å²) in [6, 6.07) is 18.8. The Hall–Kier alpha value is -7.07. The summed E-state index contributed by atoms with van der Waals surface area (Å²) in [5, 5.41) is 17.5. The summed E-state index contributed by atoms with van der Waals surface area (Å²) in [4.78, 5) is 111. The van der Waals surface area contributed by atoms with Crippen molar-refractivity contribution in [2.24, 2.45) is 5.73 Å². The van der Waals surface area contributed by atoms with Crippen LogP contribution < -0.4 is 37.6 Å². The second-order valence-electron chi connectivity index (χ2n) is 19.9. The molecule has 1 aliphatic heterocycles. The van der Waals surface area contributed by atoms with Crippen molar-refractivity contribution in [2.75, 3.05) is 40.0 Å². The molecule has 1 saturated heterocycles. The van der Waals surface area contributed by atoms with E-state index in [0.29, 0.717) is 30.5 Å². The van der Waals surface area contributed by atoms with Gasteiger partial charge < -0.3 is 56.4 Å². The van der Waals surface area contributed by atoms with Crippen molar-refractivity contribution in [1.82, 2.24) is 41.8 Å². The van der Waals surface area contributed by atoms with E-state index in [-0.39, 0.29) is 52.0 Å². The molecule has 0 saturated carbocycles. The molecule has 0 radical (unpaired) electrons. The number of amides is 6. The number of benzene rings is 3. The Morgan fingerprint density at radius 2 is 1.41 bits per heavy atom. The van der Waals surface area contributed by atoms with E-state index in [4.69, 9.17) is 29.7 Å². The van der Waals surface area contributed by atoms with E-state index in [2.05, 4.69) is 36.9 Å². The number of alkyl carbamates (subject to hydrolysis) is 2. The molecule has 1 fully saturated rings. The molecule has 6 amide bonds. The number of aromatic amines is 1. The minimum absolute atomic E-state index is 0.0362. The number of carbonyl (C=O) groups is 7. The van der Waals surface area contributed by atoms with Crippen LogP contribution in [0.1, 0.15) is 90.0 Å². The number of hydrogen-bond acceptors (Lipinski definition) is 14. The first kappa shape index (κ1) is 57.8. The van der Waals surface area contributed by atoms with E-state index >= 15 is 0 Å². The topological polar surface area (TPSA) is 283 Å². The Labute approximate surface area is 432 Å². The predicted molar refractivity (Wildman–Crippen MR) is 275 cm³/mol. The van der Waals surface area contributed by atoms with Crippen LogP contribution >= 0.6 is 0 Å². The SMILES string of the molecule is COC(=O)[C@H](CCCCNC(=O)OC(C)(C)C)NC(=O)[C@@H](Cc1c[nH]c2ccccc12)NC(=O)[C@@H](NC(=O)[C@@H]1C[C@@H](OC(=O)NCCNCOOC(C)(C)C)CN1C(=O)[C@@H](N)Cc1ccccc1)c1ccccc1. The highest BCUT2D eigenvalue weighted by Crippen LogP contribution is 2.25. The third kappa shape index (κ3) is 18.8. The monoisotopic (exact) mass is 1030 g/mol. The summed E-state index contributed by atoms with van der Waals surface area (Å²) < 4.78 is 16.1. The van der Waals surface area contributed by atoms with Gasteiger partial charge in [-0.15, -0.1) is 0 Å². The molecule has 402 valence electrons. The van der Waals surface area contributed by atoms with Crippen LogP contribution in [0.15, 0.2) is 91.1 Å². The highest BCUT2D eigenvalue weighted by Gasteiger charge is 2.44. The third-order valence-electron chi connectivity index (χ3n) is 11.6. The van der Waals surface area contributed by atoms with Crippen LogP contribution in [-0.4, -0.2) is 133 Å². The van der Waals surface area contributed by atoms with Crippen molar-refractivity contribution in [3.8, 4) is 0 Å². The number of nitrogens with zero attached hydrogens (tertiary/aromatic N) is 1. The summed E-state index contributed by atoms with van der Waals surface area (Å²) in [6.07, 6.45) is 0.409. The largest absolute Gasteiger partial charge is 0.467 e. The van der Waals surface area contributed by atoms with Gasteiger partial charge in [-0.3, -0.25) is 24.5 Å². The molecule has 21 heteroatoms. The molecule has 9 N–H and O–H groups in total. The molecule has 3 aromatic carbocycles. The van der Waals surface area contributed by atoms with Gasteiger partial charge in [0.25, 0.3) is 0 Å². The fraction of sp³-hybridized carbons (Fsp3) is 0.491. The number of para-hydroxylation sites is 1. The number of nitrogens with two attached hydrogens (primary N) is 1. The van der Waals surface area contributed by atoms with E-state index in [1.165, 1.54) is 12.0 Å². The first-order chi connectivity index (χ1) is 35.2. The van der Waals surface area contributed by atoms with Crippen molar-refractivity contribution in [3.05, 3.63) is 108 Å². The van der Waals surface area contributed by atoms with Crippen LogP contribution in [0.2, 0.25) is 0 Å². The lowest BCUT2D eigenvalue weighted by Gasteiger charge is -2.29. The highest BCUT2D eigenvalue weighted by molar-refractivity contribution is 5.97. The first-order valence-corrected chi connectivity index (χ1v) is 24.8. The maximum absolute atomic E-state index is 14.8. The Morgan fingerprint density at radius 3 is 2.09 bits per heavy atom. The zero-order chi connectivity index (χ0) is 53.8. The van der Waals surface area contributed by atoms with Gasteiger partial charge in [-0.1, -0.05) is 78.9 Å². The Morgan fingerprint density at radius 1 is 0.743 bits per heavy atom. The number of aromatic nitrogens is 1. The van der Waals surface area contributed by atoms with E-state index in [9.17, 15) is 33.6 Å². The number of H-pyrrole nitrogens is 1. The van der Waals surface area contributed by atoms with Crippen LogP contribution in [0.3, 0.4) is 0 Å². The zero-order valence-corrected chi connectivity index (χ0v) is 43.3. The smallest absolute Gasteiger partial charge is 0.407 e. The summed E-state index contributed by atoms with van der Waals surface area (Å²) in [6.45, 7) is 11.4. The van der Waals surface area contributed by atoms with Crippen molar-refractivity contribution in [1.29, 1.82) is 0 Å². The Kier molecular flexibility index (Phi) is 21.8. The molecule has 1 aromatic heterocycles. The number of fused-ring (bicyclic) bond motifs is 1. The number of methoxy groups -OCH3 is 1. The number of ether oxygens (including phenoxy) is 3. The van der Waals surface area contributed by atoms with E-state index in [1.54, 1.807) is 57.3 Å². The Balaban J connectivity index is 1.35. The molecule has 0 bridgehead atoms. The van der Waals surface area contributed by atoms with Crippen molar-refractivity contribution in [2.45, 2.75) is 128 Å². The fourth-order valence-electron chi connectivity index (χ4n) is 8.12. The lowest BCUT2D eigenvalue weighted by atomic mass is 10.0. The fourth-order valence-corrected chi connectivity index (χ4v) is 8.12. The minimum atomic E-state index is -1.42. The van der Waals surface area contributed by atoms with Crippen molar-refractivity contribution >= 4 is 52.7 Å². The van der Waals surface area contributed by atoms with Gasteiger partial charge in [0.1, 0.15) is 42.6 Å². The molecule has 5 rings (SSSR count). The normalized spacial score (nSPS) is 16.2. The summed E-state index contributed by atoms with van der Waals surface area (Å²) in [7, 11) is 1.20. The molecule has 4 aromatic rings. The molecule has 6 atom stereocenters. The summed E-state index contributed by atoms with van der Waals surface area (Å²) in [5.41, 5.74) is 7.94. The van der Waals surface area contributed by atoms with Gasteiger partial charge in [0, 0.05) is 49.6 Å². The highest BCUT2D eigenvalue weighted by atomic mass is 17.2. The minimum Gasteiger partial charge on any atom is -0.467 e. The van der Waals surface area contributed by atoms with Gasteiger partial charge >= 0.3 is 18.2 Å². The molecule has 2 heterocycles. The molecule has 21 nitrogen and oxygen atoms in total. The first-order valence-electron chi connectivity index (χ1n) is 24.8. The van der Waals surface area contributed by atoms with Gasteiger partial charge in [0.2, 0.25) is 23.6 Å². The second kappa shape index (κ2) is 27.8. The quantitative estimate of drug-likeness (QED) is 0.0117. The van der Waals surface area contributed by atoms with Crippen molar-refractivity contribution < 1.29 is 57.5 Å².